The topological polar surface area (TPSA) is 96.0 Å². The van der Waals surface area contributed by atoms with Gasteiger partial charge in [0.05, 0.1) is 17.7 Å². The average Bonchev–Trinajstić information content (AvgIpc) is 2.90. The van der Waals surface area contributed by atoms with Crippen molar-refractivity contribution in [3.63, 3.8) is 0 Å². The van der Waals surface area contributed by atoms with Gasteiger partial charge in [-0.05, 0) is 64.1 Å². The van der Waals surface area contributed by atoms with Crippen molar-refractivity contribution in [1.82, 2.24) is 10.2 Å². The second kappa shape index (κ2) is 12.9. The Labute approximate surface area is 245 Å². The van der Waals surface area contributed by atoms with Gasteiger partial charge in [-0.2, -0.15) is 0 Å². The summed E-state index contributed by atoms with van der Waals surface area (Å²) in [5, 5.41) is 3.50. The Morgan fingerprint density at radius 3 is 2.08 bits per heavy atom. The van der Waals surface area contributed by atoms with Gasteiger partial charge in [-0.15, -0.1) is 0 Å². The van der Waals surface area contributed by atoms with E-state index < -0.39 is 40.0 Å². The van der Waals surface area contributed by atoms with Crippen molar-refractivity contribution in [3.05, 3.63) is 88.4 Å². The minimum atomic E-state index is -4.23. The Balaban J connectivity index is 2.10. The van der Waals surface area contributed by atoms with Gasteiger partial charge in [0.25, 0.3) is 10.0 Å². The number of hydrogen-bond acceptors (Lipinski definition) is 5. The van der Waals surface area contributed by atoms with Gasteiger partial charge in [0.2, 0.25) is 11.8 Å². The molecule has 1 N–H and O–H groups in total. The Kier molecular flexibility index (Phi) is 10.1. The standard InChI is InChI=1S/C29H33Cl2N3O5S/c1-20(28(36)32-29(2,3)4)33(18-22-23(30)14-11-15-24(22)31)27(35)19-34(25-16-9-10-17-26(25)39-5)40(37,38)21-12-7-6-8-13-21/h6-17,20H,18-19H2,1-5H3,(H,32,36)/t20-/m0/s1. The molecular weight excluding hydrogens is 573 g/mol. The number of anilines is 1. The summed E-state index contributed by atoms with van der Waals surface area (Å²) in [6.45, 7) is 6.30. The normalized spacial score (nSPS) is 12.4. The average molecular weight is 607 g/mol. The van der Waals surface area contributed by atoms with Gasteiger partial charge in [0.1, 0.15) is 18.3 Å². The first-order chi connectivity index (χ1) is 18.8. The number of benzene rings is 3. The van der Waals surface area contributed by atoms with E-state index in [0.717, 1.165) is 4.31 Å². The monoisotopic (exact) mass is 605 g/mol. The van der Waals surface area contributed by atoms with Crippen LogP contribution >= 0.6 is 23.2 Å². The lowest BCUT2D eigenvalue weighted by Gasteiger charge is -2.34. The van der Waals surface area contributed by atoms with E-state index in [1.54, 1.807) is 67.6 Å². The summed E-state index contributed by atoms with van der Waals surface area (Å²) in [5.74, 6) is -0.800. The van der Waals surface area contributed by atoms with Crippen molar-refractivity contribution in [1.29, 1.82) is 0 Å². The molecule has 2 amide bonds. The van der Waals surface area contributed by atoms with Crippen LogP contribution in [0.4, 0.5) is 5.69 Å². The molecule has 0 radical (unpaired) electrons. The Bertz CT molecular complexity index is 1440. The lowest BCUT2D eigenvalue weighted by Crippen LogP contribution is -2.54. The minimum Gasteiger partial charge on any atom is -0.495 e. The van der Waals surface area contributed by atoms with Crippen molar-refractivity contribution in [3.8, 4) is 5.75 Å². The predicted molar refractivity (Wildman–Crippen MR) is 158 cm³/mol. The number of para-hydroxylation sites is 2. The Morgan fingerprint density at radius 2 is 1.50 bits per heavy atom. The molecule has 11 heteroatoms. The summed E-state index contributed by atoms with van der Waals surface area (Å²) in [7, 11) is -2.81. The summed E-state index contributed by atoms with van der Waals surface area (Å²) in [6.07, 6.45) is 0. The quantitative estimate of drug-likeness (QED) is 0.328. The zero-order valence-electron chi connectivity index (χ0n) is 23.0. The van der Waals surface area contributed by atoms with Crippen LogP contribution < -0.4 is 14.4 Å². The number of nitrogens with one attached hydrogen (secondary N) is 1. The van der Waals surface area contributed by atoms with Crippen molar-refractivity contribution in [2.75, 3.05) is 18.0 Å². The molecule has 3 aromatic rings. The van der Waals surface area contributed by atoms with E-state index in [1.807, 2.05) is 20.8 Å². The van der Waals surface area contributed by atoms with Crippen LogP contribution in [0.3, 0.4) is 0 Å². The van der Waals surface area contributed by atoms with Crippen LogP contribution in [-0.4, -0.2) is 50.4 Å². The molecule has 0 fully saturated rings. The summed E-state index contributed by atoms with van der Waals surface area (Å²) < 4.78 is 34.2. The Morgan fingerprint density at radius 1 is 0.925 bits per heavy atom. The number of methoxy groups -OCH3 is 1. The third-order valence-electron chi connectivity index (χ3n) is 6.02. The van der Waals surface area contributed by atoms with E-state index in [9.17, 15) is 18.0 Å². The van der Waals surface area contributed by atoms with Crippen LogP contribution in [0.2, 0.25) is 10.0 Å². The second-order valence-electron chi connectivity index (χ2n) is 10.1. The van der Waals surface area contributed by atoms with E-state index >= 15 is 0 Å². The Hall–Kier alpha value is -3.27. The molecule has 0 aliphatic heterocycles. The number of hydrogen-bond donors (Lipinski definition) is 1. The van der Waals surface area contributed by atoms with Gasteiger partial charge < -0.3 is 15.0 Å². The number of nitrogens with zero attached hydrogens (tertiary/aromatic N) is 2. The number of carbonyl (C=O) groups excluding carboxylic acids is 2. The molecule has 0 saturated heterocycles. The summed E-state index contributed by atoms with van der Waals surface area (Å²) in [6, 6.07) is 18.2. The second-order valence-corrected chi connectivity index (χ2v) is 12.8. The minimum absolute atomic E-state index is 0.00655. The van der Waals surface area contributed by atoms with Crippen LogP contribution in [0, 0.1) is 0 Å². The van der Waals surface area contributed by atoms with E-state index in [-0.39, 0.29) is 22.9 Å². The number of carbonyl (C=O) groups is 2. The highest BCUT2D eigenvalue weighted by Gasteiger charge is 2.34. The summed E-state index contributed by atoms with van der Waals surface area (Å²) in [4.78, 5) is 28.5. The maximum absolute atomic E-state index is 14.1. The SMILES string of the molecule is COc1ccccc1N(CC(=O)N(Cc1c(Cl)cccc1Cl)[C@@H](C)C(=O)NC(C)(C)C)S(=O)(=O)c1ccccc1. The molecule has 0 aliphatic rings. The molecule has 0 aliphatic carbocycles. The highest BCUT2D eigenvalue weighted by atomic mass is 35.5. The van der Waals surface area contributed by atoms with Gasteiger partial charge in [-0.1, -0.05) is 59.6 Å². The molecule has 0 heterocycles. The maximum Gasteiger partial charge on any atom is 0.264 e. The van der Waals surface area contributed by atoms with Crippen LogP contribution in [0.15, 0.2) is 77.7 Å². The smallest absolute Gasteiger partial charge is 0.264 e. The fourth-order valence-electron chi connectivity index (χ4n) is 3.98. The summed E-state index contributed by atoms with van der Waals surface area (Å²) in [5.41, 5.74) is 0.0384. The van der Waals surface area contributed by atoms with Gasteiger partial charge >= 0.3 is 0 Å². The van der Waals surface area contributed by atoms with E-state index in [2.05, 4.69) is 5.32 Å². The van der Waals surface area contributed by atoms with Crippen molar-refractivity contribution in [2.45, 2.75) is 50.7 Å². The zero-order valence-corrected chi connectivity index (χ0v) is 25.3. The molecular formula is C29H33Cl2N3O5S. The molecule has 0 aromatic heterocycles. The fraction of sp³-hybridized carbons (Fsp3) is 0.310. The van der Waals surface area contributed by atoms with E-state index in [1.165, 1.54) is 24.1 Å². The molecule has 40 heavy (non-hydrogen) atoms. The summed E-state index contributed by atoms with van der Waals surface area (Å²) >= 11 is 12.8. The van der Waals surface area contributed by atoms with Crippen LogP contribution in [0.1, 0.15) is 33.3 Å². The number of ether oxygens (including phenoxy) is 1. The van der Waals surface area contributed by atoms with Crippen molar-refractivity contribution in [2.24, 2.45) is 0 Å². The lowest BCUT2D eigenvalue weighted by atomic mass is 10.1. The number of rotatable bonds is 10. The van der Waals surface area contributed by atoms with Crippen LogP contribution in [0.5, 0.6) is 5.75 Å². The molecule has 0 bridgehead atoms. The fourth-order valence-corrected chi connectivity index (χ4v) is 5.94. The van der Waals surface area contributed by atoms with Crippen LogP contribution in [0.25, 0.3) is 0 Å². The van der Waals surface area contributed by atoms with E-state index in [4.69, 9.17) is 27.9 Å². The first kappa shape index (κ1) is 31.3. The third kappa shape index (κ3) is 7.47. The van der Waals surface area contributed by atoms with Crippen LogP contribution in [-0.2, 0) is 26.2 Å². The number of halogens is 2. The molecule has 214 valence electrons. The maximum atomic E-state index is 14.1. The van der Waals surface area contributed by atoms with E-state index in [0.29, 0.717) is 15.6 Å². The largest absolute Gasteiger partial charge is 0.495 e. The van der Waals surface area contributed by atoms with Gasteiger partial charge in [-0.25, -0.2) is 8.42 Å². The number of amides is 2. The first-order valence-corrected chi connectivity index (χ1v) is 14.7. The van der Waals surface area contributed by atoms with Gasteiger partial charge in [0, 0.05) is 27.7 Å². The number of sulfonamides is 1. The molecule has 3 aromatic carbocycles. The molecule has 3 rings (SSSR count). The van der Waals surface area contributed by atoms with Crippen molar-refractivity contribution < 1.29 is 22.7 Å². The molecule has 8 nitrogen and oxygen atoms in total. The van der Waals surface area contributed by atoms with Gasteiger partial charge in [0.15, 0.2) is 0 Å². The van der Waals surface area contributed by atoms with Gasteiger partial charge in [-0.3, -0.25) is 13.9 Å². The lowest BCUT2D eigenvalue weighted by molar-refractivity contribution is -0.140. The molecule has 0 saturated carbocycles. The van der Waals surface area contributed by atoms with Crippen molar-refractivity contribution >= 4 is 50.7 Å². The predicted octanol–water partition coefficient (Wildman–Crippen LogP) is 5.53. The molecule has 0 unspecified atom stereocenters. The third-order valence-corrected chi connectivity index (χ3v) is 8.50. The molecule has 1 atom stereocenters. The highest BCUT2D eigenvalue weighted by molar-refractivity contribution is 7.92. The first-order valence-electron chi connectivity index (χ1n) is 12.5. The highest BCUT2D eigenvalue weighted by Crippen LogP contribution is 2.33. The zero-order chi connectivity index (χ0) is 29.7. The molecule has 0 spiro atoms.